The second-order valence-corrected chi connectivity index (χ2v) is 8.61. The predicted octanol–water partition coefficient (Wildman–Crippen LogP) is 4.63. The van der Waals surface area contributed by atoms with Gasteiger partial charge in [0.15, 0.2) is 0 Å². The zero-order valence-corrected chi connectivity index (χ0v) is 17.9. The summed E-state index contributed by atoms with van der Waals surface area (Å²) in [4.78, 5) is 23.9. The zero-order valence-electron chi connectivity index (χ0n) is 16.4. The van der Waals surface area contributed by atoms with Crippen molar-refractivity contribution >= 4 is 39.3 Å². The smallest absolute Gasteiger partial charge is 0.481 e. The number of alkyl halides is 3. The van der Waals surface area contributed by atoms with Gasteiger partial charge in [-0.05, 0) is 61.7 Å². The van der Waals surface area contributed by atoms with Crippen LogP contribution in [0.25, 0.3) is 0 Å². The molecule has 0 spiro atoms. The number of halogens is 4. The van der Waals surface area contributed by atoms with Gasteiger partial charge in [-0.25, -0.2) is 0 Å². The van der Waals surface area contributed by atoms with Gasteiger partial charge < -0.3 is 14.6 Å². The maximum absolute atomic E-state index is 12.8. The molecule has 1 atom stereocenters. The van der Waals surface area contributed by atoms with Crippen molar-refractivity contribution in [2.45, 2.75) is 32.2 Å². The second kappa shape index (κ2) is 8.75. The first-order valence-corrected chi connectivity index (χ1v) is 10.4. The minimum Gasteiger partial charge on any atom is -0.481 e. The number of carbonyl (C=O) groups is 2. The van der Waals surface area contributed by atoms with Crippen LogP contribution in [0.5, 0.6) is 5.75 Å². The number of benzene rings is 2. The minimum atomic E-state index is -5.86. The van der Waals surface area contributed by atoms with E-state index in [1.807, 2.05) is 0 Å². The standard InChI is InChI=1S/C19H17ClF3NO6S/c1-9-6-13(30-31(28,29)19(21,22)23)7-10(2)16(9)17(25)24-15-8-12(4-5-14(15)20)11(3)18(26)27/h4-8,11H,1-3H3,(H,24,25)(H,26,27). The summed E-state index contributed by atoms with van der Waals surface area (Å²) < 4.78 is 64.1. The topological polar surface area (TPSA) is 110 Å². The molecule has 2 rings (SSSR count). The molecule has 0 bridgehead atoms. The van der Waals surface area contributed by atoms with Crippen molar-refractivity contribution in [3.63, 3.8) is 0 Å². The van der Waals surface area contributed by atoms with Crippen molar-refractivity contribution in [2.75, 3.05) is 5.32 Å². The Morgan fingerprint density at radius 1 is 1.13 bits per heavy atom. The number of hydrogen-bond donors (Lipinski definition) is 2. The molecule has 0 aliphatic rings. The molecule has 7 nitrogen and oxygen atoms in total. The van der Waals surface area contributed by atoms with E-state index in [0.29, 0.717) is 5.56 Å². The number of aliphatic carboxylic acids is 1. The van der Waals surface area contributed by atoms with Crippen molar-refractivity contribution in [3.8, 4) is 5.75 Å². The van der Waals surface area contributed by atoms with E-state index in [0.717, 1.165) is 12.1 Å². The second-order valence-electron chi connectivity index (χ2n) is 6.67. The number of rotatable bonds is 6. The van der Waals surface area contributed by atoms with Crippen LogP contribution in [0.3, 0.4) is 0 Å². The van der Waals surface area contributed by atoms with Crippen molar-refractivity contribution < 1.29 is 40.5 Å². The molecule has 0 saturated carbocycles. The first-order valence-electron chi connectivity index (χ1n) is 8.59. The molecule has 0 saturated heterocycles. The van der Waals surface area contributed by atoms with Crippen LogP contribution >= 0.6 is 11.6 Å². The normalized spacial score (nSPS) is 12.9. The lowest BCUT2D eigenvalue weighted by Gasteiger charge is -2.16. The van der Waals surface area contributed by atoms with Gasteiger partial charge in [0.2, 0.25) is 0 Å². The Hall–Kier alpha value is -2.79. The van der Waals surface area contributed by atoms with Crippen molar-refractivity contribution in [2.24, 2.45) is 0 Å². The zero-order chi connectivity index (χ0) is 23.7. The molecular weight excluding hydrogens is 463 g/mol. The van der Waals surface area contributed by atoms with Crippen LogP contribution in [0.15, 0.2) is 30.3 Å². The van der Waals surface area contributed by atoms with Crippen LogP contribution in [-0.4, -0.2) is 30.9 Å². The molecule has 2 N–H and O–H groups in total. The summed E-state index contributed by atoms with van der Waals surface area (Å²) >= 11 is 6.08. The highest BCUT2D eigenvalue weighted by atomic mass is 35.5. The monoisotopic (exact) mass is 479 g/mol. The Kier molecular flexibility index (Phi) is 6.91. The van der Waals surface area contributed by atoms with E-state index in [-0.39, 0.29) is 27.4 Å². The lowest BCUT2D eigenvalue weighted by Crippen LogP contribution is -2.28. The highest BCUT2D eigenvalue weighted by molar-refractivity contribution is 7.88. The van der Waals surface area contributed by atoms with Gasteiger partial charge in [0.25, 0.3) is 5.91 Å². The molecule has 12 heteroatoms. The third-order valence-corrected chi connectivity index (χ3v) is 5.64. The Labute approximate surface area is 180 Å². The number of nitrogens with one attached hydrogen (secondary N) is 1. The van der Waals surface area contributed by atoms with Gasteiger partial charge in [0, 0.05) is 5.56 Å². The first-order chi connectivity index (χ1) is 14.1. The number of carboxylic acid groups (broad SMARTS) is 1. The van der Waals surface area contributed by atoms with Crippen molar-refractivity contribution in [3.05, 3.63) is 57.6 Å². The fourth-order valence-corrected chi connectivity index (χ4v) is 3.35. The summed E-state index contributed by atoms with van der Waals surface area (Å²) in [6.45, 7) is 4.23. The van der Waals surface area contributed by atoms with Crippen LogP contribution in [0.1, 0.15) is 39.9 Å². The van der Waals surface area contributed by atoms with Crippen LogP contribution < -0.4 is 9.50 Å². The molecule has 1 unspecified atom stereocenters. The summed E-state index contributed by atoms with van der Waals surface area (Å²) in [7, 11) is -5.86. The lowest BCUT2D eigenvalue weighted by atomic mass is 10.00. The highest BCUT2D eigenvalue weighted by Gasteiger charge is 2.48. The number of carbonyl (C=O) groups excluding carboxylic acids is 1. The predicted molar refractivity (Wildman–Crippen MR) is 107 cm³/mol. The fraction of sp³-hybridized carbons (Fsp3) is 0.263. The highest BCUT2D eigenvalue weighted by Crippen LogP contribution is 2.31. The summed E-state index contributed by atoms with van der Waals surface area (Å²) in [5, 5.41) is 11.8. The van der Waals surface area contributed by atoms with Gasteiger partial charge in [-0.15, -0.1) is 0 Å². The maximum Gasteiger partial charge on any atom is 0.534 e. The number of hydrogen-bond acceptors (Lipinski definition) is 5. The van der Waals surface area contributed by atoms with Crippen LogP contribution in [-0.2, 0) is 14.9 Å². The Morgan fingerprint density at radius 2 is 1.68 bits per heavy atom. The average Bonchev–Trinajstić information content (AvgIpc) is 2.60. The molecule has 31 heavy (non-hydrogen) atoms. The number of carboxylic acids is 1. The van der Waals surface area contributed by atoms with Crippen molar-refractivity contribution in [1.29, 1.82) is 0 Å². The minimum absolute atomic E-state index is 0.0597. The van der Waals surface area contributed by atoms with Gasteiger partial charge in [-0.3, -0.25) is 9.59 Å². The van der Waals surface area contributed by atoms with E-state index in [9.17, 15) is 31.2 Å². The summed E-state index contributed by atoms with van der Waals surface area (Å²) in [5.74, 6) is -3.21. The molecule has 0 fully saturated rings. The SMILES string of the molecule is Cc1cc(OS(=O)(=O)C(F)(F)F)cc(C)c1C(=O)Nc1cc(C(C)C(=O)O)ccc1Cl. The van der Waals surface area contributed by atoms with Gasteiger partial charge in [0.1, 0.15) is 5.75 Å². The molecule has 2 aromatic rings. The third-order valence-electron chi connectivity index (χ3n) is 4.33. The van der Waals surface area contributed by atoms with Crippen LogP contribution in [0.4, 0.5) is 18.9 Å². The van der Waals surface area contributed by atoms with Crippen LogP contribution in [0.2, 0.25) is 5.02 Å². The van der Waals surface area contributed by atoms with E-state index >= 15 is 0 Å². The molecule has 168 valence electrons. The molecule has 0 radical (unpaired) electrons. The molecule has 0 aliphatic carbocycles. The average molecular weight is 480 g/mol. The van der Waals surface area contributed by atoms with Crippen LogP contribution in [0, 0.1) is 13.8 Å². The molecule has 0 heterocycles. The summed E-state index contributed by atoms with van der Waals surface area (Å²) in [5.41, 5.74) is -4.71. The molecular formula is C19H17ClF3NO6S. The van der Waals surface area contributed by atoms with E-state index < -0.39 is 39.2 Å². The number of aryl methyl sites for hydroxylation is 2. The molecule has 1 amide bonds. The first kappa shape index (κ1) is 24.5. The Bertz CT molecular complexity index is 1120. The maximum atomic E-state index is 12.8. The summed E-state index contributed by atoms with van der Waals surface area (Å²) in [6.07, 6.45) is 0. The Morgan fingerprint density at radius 3 is 2.16 bits per heavy atom. The van der Waals surface area contributed by atoms with E-state index in [1.165, 1.54) is 39.0 Å². The van der Waals surface area contributed by atoms with Gasteiger partial charge in [0.05, 0.1) is 16.6 Å². The quantitative estimate of drug-likeness (QED) is 0.462. The van der Waals surface area contributed by atoms with E-state index in [1.54, 1.807) is 0 Å². The van der Waals surface area contributed by atoms with E-state index in [2.05, 4.69) is 9.50 Å². The van der Waals surface area contributed by atoms with Gasteiger partial charge >= 0.3 is 21.6 Å². The van der Waals surface area contributed by atoms with Crippen molar-refractivity contribution in [1.82, 2.24) is 0 Å². The third kappa shape index (κ3) is 5.47. The summed E-state index contributed by atoms with van der Waals surface area (Å²) in [6, 6.07) is 6.29. The Balaban J connectivity index is 2.35. The molecule has 0 aromatic heterocycles. The number of amides is 1. The fourth-order valence-electron chi connectivity index (χ4n) is 2.74. The lowest BCUT2D eigenvalue weighted by molar-refractivity contribution is -0.138. The number of anilines is 1. The van der Waals surface area contributed by atoms with Gasteiger partial charge in [-0.1, -0.05) is 17.7 Å². The molecule has 2 aromatic carbocycles. The molecule has 0 aliphatic heterocycles. The largest absolute Gasteiger partial charge is 0.534 e. The van der Waals surface area contributed by atoms with Gasteiger partial charge in [-0.2, -0.15) is 21.6 Å². The van der Waals surface area contributed by atoms with E-state index in [4.69, 9.17) is 16.7 Å².